The van der Waals surface area contributed by atoms with Crippen LogP contribution in [0.15, 0.2) is 18.2 Å². The quantitative estimate of drug-likeness (QED) is 0.566. The first-order chi connectivity index (χ1) is 12.2. The van der Waals surface area contributed by atoms with Gasteiger partial charge in [-0.1, -0.05) is 43.1 Å². The third kappa shape index (κ3) is 5.21. The number of hydrogen-bond acceptors (Lipinski definition) is 3. The Labute approximate surface area is 164 Å². The number of nitrogens with zero attached hydrogens (tertiary/aromatic N) is 1. The number of benzene rings is 1. The Morgan fingerprint density at radius 1 is 1.23 bits per heavy atom. The molecule has 2 rings (SSSR count). The summed E-state index contributed by atoms with van der Waals surface area (Å²) in [6.45, 7) is 6.47. The van der Waals surface area contributed by atoms with Gasteiger partial charge in [0.1, 0.15) is 5.92 Å². The van der Waals surface area contributed by atoms with Gasteiger partial charge in [0.2, 0.25) is 11.7 Å². The Morgan fingerprint density at radius 3 is 2.54 bits per heavy atom. The van der Waals surface area contributed by atoms with Crippen LogP contribution in [-0.4, -0.2) is 41.6 Å². The summed E-state index contributed by atoms with van der Waals surface area (Å²) in [6.07, 6.45) is 1.41. The first-order valence-corrected chi connectivity index (χ1v) is 9.52. The van der Waals surface area contributed by atoms with Crippen molar-refractivity contribution in [2.75, 3.05) is 13.1 Å². The molecular formula is C19H24Cl2N2O3. The Kier molecular flexibility index (Phi) is 7.07. The largest absolute Gasteiger partial charge is 0.353 e. The molecule has 0 spiro atoms. The predicted octanol–water partition coefficient (Wildman–Crippen LogP) is 3.11. The summed E-state index contributed by atoms with van der Waals surface area (Å²) in [5.41, 5.74) is 1.02. The Morgan fingerprint density at radius 2 is 1.92 bits per heavy atom. The van der Waals surface area contributed by atoms with Gasteiger partial charge in [-0.25, -0.2) is 0 Å². The van der Waals surface area contributed by atoms with Gasteiger partial charge in [-0.05, 0) is 43.4 Å². The number of hydrogen-bond donors (Lipinski definition) is 1. The van der Waals surface area contributed by atoms with E-state index in [-0.39, 0.29) is 24.4 Å². The lowest BCUT2D eigenvalue weighted by molar-refractivity contribution is -0.142. The number of rotatable bonds is 7. The van der Waals surface area contributed by atoms with E-state index in [1.807, 2.05) is 26.8 Å². The van der Waals surface area contributed by atoms with E-state index in [9.17, 15) is 14.4 Å². The Bertz CT molecular complexity index is 706. The molecule has 26 heavy (non-hydrogen) atoms. The van der Waals surface area contributed by atoms with Crippen LogP contribution in [0.4, 0.5) is 0 Å². The number of halogens is 2. The molecule has 1 aliphatic heterocycles. The number of amides is 2. The molecule has 0 bridgehead atoms. The Hall–Kier alpha value is -1.59. The highest BCUT2D eigenvalue weighted by Crippen LogP contribution is 2.23. The van der Waals surface area contributed by atoms with Gasteiger partial charge in [0.25, 0.3) is 5.91 Å². The lowest BCUT2D eigenvalue weighted by Gasteiger charge is -2.19. The zero-order valence-corrected chi connectivity index (χ0v) is 16.7. The molecule has 0 radical (unpaired) electrons. The van der Waals surface area contributed by atoms with E-state index in [2.05, 4.69) is 5.32 Å². The zero-order chi connectivity index (χ0) is 19.4. The highest BCUT2D eigenvalue weighted by Gasteiger charge is 2.43. The van der Waals surface area contributed by atoms with E-state index in [1.54, 1.807) is 12.1 Å². The minimum absolute atomic E-state index is 0.126. The maximum atomic E-state index is 12.4. The van der Waals surface area contributed by atoms with Gasteiger partial charge in [-0.15, -0.1) is 0 Å². The molecule has 5 nitrogen and oxygen atoms in total. The van der Waals surface area contributed by atoms with Crippen molar-refractivity contribution < 1.29 is 14.4 Å². The summed E-state index contributed by atoms with van der Waals surface area (Å²) in [7, 11) is 0. The maximum absolute atomic E-state index is 12.4. The third-order valence-electron chi connectivity index (χ3n) is 4.36. The fourth-order valence-corrected chi connectivity index (χ4v) is 3.31. The van der Waals surface area contributed by atoms with Crippen LogP contribution in [0.5, 0.6) is 0 Å². The smallest absolute Gasteiger partial charge is 0.290 e. The SMILES string of the molecule is CC(C)CN1CC(C(=O)NC(C)CCc2ccc(Cl)c(Cl)c2)C(=O)C1=O. The van der Waals surface area contributed by atoms with Crippen LogP contribution in [0.1, 0.15) is 32.8 Å². The van der Waals surface area contributed by atoms with Gasteiger partial charge in [0, 0.05) is 19.1 Å². The molecule has 1 aliphatic rings. The molecule has 1 fully saturated rings. The second-order valence-electron chi connectivity index (χ2n) is 7.22. The maximum Gasteiger partial charge on any atom is 0.290 e. The molecule has 2 atom stereocenters. The van der Waals surface area contributed by atoms with Crippen molar-refractivity contribution in [2.45, 2.75) is 39.7 Å². The lowest BCUT2D eigenvalue weighted by atomic mass is 10.0. The van der Waals surface area contributed by atoms with Crippen molar-refractivity contribution in [3.8, 4) is 0 Å². The van der Waals surface area contributed by atoms with Gasteiger partial charge in [0.05, 0.1) is 10.0 Å². The summed E-state index contributed by atoms with van der Waals surface area (Å²) >= 11 is 11.9. The summed E-state index contributed by atoms with van der Waals surface area (Å²) < 4.78 is 0. The van der Waals surface area contributed by atoms with Crippen molar-refractivity contribution in [1.29, 1.82) is 0 Å². The van der Waals surface area contributed by atoms with Crippen molar-refractivity contribution >= 4 is 40.8 Å². The van der Waals surface area contributed by atoms with Crippen LogP contribution >= 0.6 is 23.2 Å². The fourth-order valence-electron chi connectivity index (χ4n) is 2.99. The van der Waals surface area contributed by atoms with E-state index in [0.717, 1.165) is 12.0 Å². The number of aryl methyl sites for hydroxylation is 1. The van der Waals surface area contributed by atoms with Crippen molar-refractivity contribution in [3.05, 3.63) is 33.8 Å². The Balaban J connectivity index is 1.87. The predicted molar refractivity (Wildman–Crippen MR) is 102 cm³/mol. The monoisotopic (exact) mass is 398 g/mol. The standard InChI is InChI=1S/C19H24Cl2N2O3/c1-11(2)9-23-10-14(17(24)19(23)26)18(25)22-12(3)4-5-13-6-7-15(20)16(21)8-13/h6-8,11-12,14H,4-5,9-10H2,1-3H3,(H,22,25). The average Bonchev–Trinajstić information content (AvgIpc) is 2.84. The molecular weight excluding hydrogens is 375 g/mol. The number of carbonyl (C=O) groups is 3. The first kappa shape index (κ1) is 20.7. The van der Waals surface area contributed by atoms with Crippen molar-refractivity contribution in [2.24, 2.45) is 11.8 Å². The summed E-state index contributed by atoms with van der Waals surface area (Å²) in [5.74, 6) is -2.20. The molecule has 0 aromatic heterocycles. The van der Waals surface area contributed by atoms with Crippen LogP contribution in [0, 0.1) is 11.8 Å². The number of ketones is 1. The molecule has 2 unspecified atom stereocenters. The van der Waals surface area contributed by atoms with E-state index >= 15 is 0 Å². The number of carbonyl (C=O) groups excluding carboxylic acids is 3. The van der Waals surface area contributed by atoms with Crippen LogP contribution in [0.25, 0.3) is 0 Å². The minimum Gasteiger partial charge on any atom is -0.353 e. The molecule has 1 aromatic rings. The fraction of sp³-hybridized carbons (Fsp3) is 0.526. The number of Topliss-reactive ketones (excluding diaryl/α,β-unsaturated/α-hetero) is 1. The second kappa shape index (κ2) is 8.87. The molecule has 2 amide bonds. The van der Waals surface area contributed by atoms with Gasteiger partial charge >= 0.3 is 0 Å². The van der Waals surface area contributed by atoms with Crippen LogP contribution in [-0.2, 0) is 20.8 Å². The van der Waals surface area contributed by atoms with Gasteiger partial charge in [-0.3, -0.25) is 14.4 Å². The molecule has 1 N–H and O–H groups in total. The van der Waals surface area contributed by atoms with Crippen LogP contribution in [0.3, 0.4) is 0 Å². The van der Waals surface area contributed by atoms with E-state index < -0.39 is 17.6 Å². The molecule has 1 saturated heterocycles. The molecule has 1 heterocycles. The van der Waals surface area contributed by atoms with E-state index in [4.69, 9.17) is 23.2 Å². The number of likely N-dealkylation sites (tertiary alicyclic amines) is 1. The van der Waals surface area contributed by atoms with Crippen molar-refractivity contribution in [1.82, 2.24) is 10.2 Å². The van der Waals surface area contributed by atoms with Crippen LogP contribution < -0.4 is 5.32 Å². The molecule has 1 aromatic carbocycles. The first-order valence-electron chi connectivity index (χ1n) is 8.76. The van der Waals surface area contributed by atoms with E-state index in [1.165, 1.54) is 4.90 Å². The topological polar surface area (TPSA) is 66.5 Å². The summed E-state index contributed by atoms with van der Waals surface area (Å²) in [6, 6.07) is 5.32. The van der Waals surface area contributed by atoms with Crippen molar-refractivity contribution in [3.63, 3.8) is 0 Å². The normalized spacial score (nSPS) is 18.5. The lowest BCUT2D eigenvalue weighted by Crippen LogP contribution is -2.40. The second-order valence-corrected chi connectivity index (χ2v) is 8.03. The van der Waals surface area contributed by atoms with Crippen LogP contribution in [0.2, 0.25) is 10.0 Å². The summed E-state index contributed by atoms with van der Waals surface area (Å²) in [5, 5.41) is 3.85. The van der Waals surface area contributed by atoms with Gasteiger partial charge < -0.3 is 10.2 Å². The molecule has 142 valence electrons. The molecule has 7 heteroatoms. The average molecular weight is 399 g/mol. The zero-order valence-electron chi connectivity index (χ0n) is 15.2. The highest BCUT2D eigenvalue weighted by atomic mass is 35.5. The van der Waals surface area contributed by atoms with E-state index in [0.29, 0.717) is 23.0 Å². The molecule has 0 saturated carbocycles. The molecule has 0 aliphatic carbocycles. The van der Waals surface area contributed by atoms with Gasteiger partial charge in [-0.2, -0.15) is 0 Å². The summed E-state index contributed by atoms with van der Waals surface area (Å²) in [4.78, 5) is 37.9. The minimum atomic E-state index is -0.909. The van der Waals surface area contributed by atoms with Gasteiger partial charge in [0.15, 0.2) is 0 Å². The number of nitrogens with one attached hydrogen (secondary N) is 1. The third-order valence-corrected chi connectivity index (χ3v) is 5.10. The highest BCUT2D eigenvalue weighted by molar-refractivity contribution is 6.42.